The van der Waals surface area contributed by atoms with Crippen molar-refractivity contribution in [3.63, 3.8) is 0 Å². The number of hydrogen-bond donors (Lipinski definition) is 1. The summed E-state index contributed by atoms with van der Waals surface area (Å²) >= 11 is 0. The Bertz CT molecular complexity index is 422. The molecule has 92 valence electrons. The summed E-state index contributed by atoms with van der Waals surface area (Å²) in [5.41, 5.74) is -0.261. The molecule has 1 heterocycles. The molecule has 0 saturated carbocycles. The first-order valence-corrected chi connectivity index (χ1v) is 4.88. The van der Waals surface area contributed by atoms with Crippen molar-refractivity contribution in [3.8, 4) is 0 Å². The van der Waals surface area contributed by atoms with Crippen LogP contribution in [-0.4, -0.2) is 21.6 Å². The number of rotatable bonds is 2. The lowest BCUT2D eigenvalue weighted by atomic mass is 10.2. The molecule has 0 aliphatic carbocycles. The summed E-state index contributed by atoms with van der Waals surface area (Å²) < 4.78 is 5.01. The summed E-state index contributed by atoms with van der Waals surface area (Å²) in [6.45, 7) is 5.21. The van der Waals surface area contributed by atoms with Gasteiger partial charge in [-0.25, -0.2) is 4.79 Å². The molecule has 1 aromatic rings. The topological polar surface area (TPSA) is 94.4 Å². The van der Waals surface area contributed by atoms with E-state index in [1.807, 2.05) is 0 Å². The predicted molar refractivity (Wildman–Crippen MR) is 60.7 cm³/mol. The zero-order valence-electron chi connectivity index (χ0n) is 9.76. The third kappa shape index (κ3) is 4.45. The number of aromatic nitrogens is 1. The molecule has 7 heteroatoms. The van der Waals surface area contributed by atoms with E-state index in [1.54, 1.807) is 20.8 Å². The van der Waals surface area contributed by atoms with Crippen LogP contribution in [0.15, 0.2) is 18.3 Å². The van der Waals surface area contributed by atoms with E-state index in [1.165, 1.54) is 18.3 Å². The number of hydrogen-bond acceptors (Lipinski definition) is 5. The molecule has 1 amide bonds. The minimum Gasteiger partial charge on any atom is -0.444 e. The van der Waals surface area contributed by atoms with E-state index in [0.717, 1.165) is 0 Å². The molecule has 7 nitrogen and oxygen atoms in total. The maximum Gasteiger partial charge on any atom is 0.412 e. The number of nitrogens with zero attached hydrogens (tertiary/aromatic N) is 2. The quantitative estimate of drug-likeness (QED) is 0.631. The third-order valence-electron chi connectivity index (χ3n) is 1.58. The number of amides is 1. The van der Waals surface area contributed by atoms with Crippen molar-refractivity contribution in [1.29, 1.82) is 0 Å². The van der Waals surface area contributed by atoms with Gasteiger partial charge >= 0.3 is 11.9 Å². The Morgan fingerprint density at radius 3 is 2.53 bits per heavy atom. The first-order valence-electron chi connectivity index (χ1n) is 4.88. The summed E-state index contributed by atoms with van der Waals surface area (Å²) in [5, 5.41) is 12.8. The molecule has 1 rings (SSSR count). The average molecular weight is 239 g/mol. The lowest BCUT2D eigenvalue weighted by molar-refractivity contribution is -0.389. The fraction of sp³-hybridized carbons (Fsp3) is 0.400. The van der Waals surface area contributed by atoms with Crippen LogP contribution < -0.4 is 5.32 Å². The van der Waals surface area contributed by atoms with Crippen molar-refractivity contribution in [2.45, 2.75) is 26.4 Å². The number of nitro groups is 1. The fourth-order valence-corrected chi connectivity index (χ4v) is 0.989. The largest absolute Gasteiger partial charge is 0.444 e. The number of nitrogens with one attached hydrogen (secondary N) is 1. The lowest BCUT2D eigenvalue weighted by Crippen LogP contribution is -2.27. The molecule has 0 aliphatic rings. The molecular weight excluding hydrogens is 226 g/mol. The average Bonchev–Trinajstić information content (AvgIpc) is 2.15. The third-order valence-corrected chi connectivity index (χ3v) is 1.58. The van der Waals surface area contributed by atoms with Crippen LogP contribution in [0.25, 0.3) is 0 Å². The molecule has 1 N–H and O–H groups in total. The highest BCUT2D eigenvalue weighted by atomic mass is 16.6. The van der Waals surface area contributed by atoms with Gasteiger partial charge in [-0.05, 0) is 36.7 Å². The van der Waals surface area contributed by atoms with E-state index in [2.05, 4.69) is 10.3 Å². The predicted octanol–water partition coefficient (Wildman–Crippen LogP) is 2.34. The van der Waals surface area contributed by atoms with Gasteiger partial charge in [-0.2, -0.15) is 0 Å². The van der Waals surface area contributed by atoms with Crippen molar-refractivity contribution in [2.75, 3.05) is 5.32 Å². The van der Waals surface area contributed by atoms with Crippen LogP contribution >= 0.6 is 0 Å². The van der Waals surface area contributed by atoms with Crippen molar-refractivity contribution >= 4 is 17.6 Å². The summed E-state index contributed by atoms with van der Waals surface area (Å²) in [6, 6.07) is 2.59. The van der Waals surface area contributed by atoms with Crippen LogP contribution in [0.4, 0.5) is 16.3 Å². The summed E-state index contributed by atoms with van der Waals surface area (Å²) in [6.07, 6.45) is 0.565. The van der Waals surface area contributed by atoms with E-state index in [4.69, 9.17) is 4.74 Å². The zero-order valence-corrected chi connectivity index (χ0v) is 9.76. The molecule has 0 unspecified atom stereocenters. The molecular formula is C10H13N3O4. The molecule has 0 radical (unpaired) electrons. The smallest absolute Gasteiger partial charge is 0.412 e. The van der Waals surface area contributed by atoms with Gasteiger partial charge in [0.25, 0.3) is 0 Å². The van der Waals surface area contributed by atoms with Crippen LogP contribution in [0.3, 0.4) is 0 Å². The maximum absolute atomic E-state index is 11.4. The van der Waals surface area contributed by atoms with Crippen molar-refractivity contribution < 1.29 is 14.5 Å². The van der Waals surface area contributed by atoms with Crippen LogP contribution in [-0.2, 0) is 4.74 Å². The highest BCUT2D eigenvalue weighted by molar-refractivity contribution is 5.84. The Morgan fingerprint density at radius 1 is 1.47 bits per heavy atom. The van der Waals surface area contributed by atoms with Gasteiger partial charge in [0.15, 0.2) is 6.20 Å². The first-order chi connectivity index (χ1) is 7.78. The normalized spacial score (nSPS) is 10.8. The molecule has 0 fully saturated rings. The minimum atomic E-state index is -0.631. The standard InChI is InChI=1S/C10H13N3O4/c1-10(2,3)17-9(14)12-7-4-5-8(11-6-7)13(15)16/h4-6H,1-3H3,(H,12,14). The van der Waals surface area contributed by atoms with Gasteiger partial charge in [-0.3, -0.25) is 5.32 Å². The Kier molecular flexibility index (Phi) is 3.62. The van der Waals surface area contributed by atoms with Gasteiger partial charge in [0.05, 0.1) is 5.69 Å². The highest BCUT2D eigenvalue weighted by Crippen LogP contribution is 2.13. The van der Waals surface area contributed by atoms with Gasteiger partial charge < -0.3 is 14.9 Å². The molecule has 1 aromatic heterocycles. The van der Waals surface area contributed by atoms with Gasteiger partial charge in [-0.1, -0.05) is 0 Å². The van der Waals surface area contributed by atoms with Gasteiger partial charge in [0.1, 0.15) is 5.60 Å². The summed E-state index contributed by atoms with van der Waals surface area (Å²) in [4.78, 5) is 24.6. The van der Waals surface area contributed by atoms with E-state index in [0.29, 0.717) is 5.69 Å². The molecule has 0 aliphatic heterocycles. The van der Waals surface area contributed by atoms with Crippen LogP contribution in [0.2, 0.25) is 0 Å². The minimum absolute atomic E-state index is 0.278. The number of pyridine rings is 1. The molecule has 0 saturated heterocycles. The second kappa shape index (κ2) is 4.77. The van der Waals surface area contributed by atoms with Crippen LogP contribution in [0.5, 0.6) is 0 Å². The number of carbonyl (C=O) groups excluding carboxylic acids is 1. The van der Waals surface area contributed by atoms with Crippen molar-refractivity contribution in [1.82, 2.24) is 4.98 Å². The number of anilines is 1. The van der Waals surface area contributed by atoms with Crippen molar-refractivity contribution in [2.24, 2.45) is 0 Å². The zero-order chi connectivity index (χ0) is 13.1. The van der Waals surface area contributed by atoms with E-state index >= 15 is 0 Å². The van der Waals surface area contributed by atoms with Gasteiger partial charge in [-0.15, -0.1) is 0 Å². The van der Waals surface area contributed by atoms with Crippen molar-refractivity contribution in [3.05, 3.63) is 28.4 Å². The number of ether oxygens (including phenoxy) is 1. The second-order valence-electron chi connectivity index (χ2n) is 4.29. The Hall–Kier alpha value is -2.18. The maximum atomic E-state index is 11.4. The Labute approximate surface area is 98.0 Å². The summed E-state index contributed by atoms with van der Waals surface area (Å²) in [5.74, 6) is -0.278. The SMILES string of the molecule is CC(C)(C)OC(=O)Nc1ccc([N+](=O)[O-])nc1. The molecule has 0 bridgehead atoms. The molecule has 0 aromatic carbocycles. The number of carbonyl (C=O) groups is 1. The van der Waals surface area contributed by atoms with Gasteiger partial charge in [0.2, 0.25) is 0 Å². The molecule has 0 atom stereocenters. The van der Waals surface area contributed by atoms with Crippen LogP contribution in [0, 0.1) is 10.1 Å². The van der Waals surface area contributed by atoms with E-state index in [-0.39, 0.29) is 5.82 Å². The first kappa shape index (κ1) is 12.9. The summed E-state index contributed by atoms with van der Waals surface area (Å²) in [7, 11) is 0. The fourth-order valence-electron chi connectivity index (χ4n) is 0.989. The van der Waals surface area contributed by atoms with Crippen LogP contribution in [0.1, 0.15) is 20.8 Å². The van der Waals surface area contributed by atoms with Gasteiger partial charge in [0, 0.05) is 6.07 Å². The second-order valence-corrected chi connectivity index (χ2v) is 4.29. The monoisotopic (exact) mass is 239 g/mol. The van der Waals surface area contributed by atoms with E-state index < -0.39 is 16.6 Å². The van der Waals surface area contributed by atoms with E-state index in [9.17, 15) is 14.9 Å². The lowest BCUT2D eigenvalue weighted by Gasteiger charge is -2.19. The molecule has 17 heavy (non-hydrogen) atoms. The molecule has 0 spiro atoms. The highest BCUT2D eigenvalue weighted by Gasteiger charge is 2.17. The Morgan fingerprint density at radius 2 is 2.12 bits per heavy atom. The Balaban J connectivity index is 2.64.